The molecule has 0 radical (unpaired) electrons. The van der Waals surface area contributed by atoms with Gasteiger partial charge in [0.15, 0.2) is 10.9 Å². The molecule has 1 amide bonds. The molecule has 0 fully saturated rings. The van der Waals surface area contributed by atoms with Crippen molar-refractivity contribution < 1.29 is 9.59 Å². The topological polar surface area (TPSA) is 81.1 Å². The maximum Gasteiger partial charge on any atom is 0.267 e. The number of thioether (sulfide) groups is 1. The smallest absolute Gasteiger partial charge is 0.267 e. The zero-order valence-electron chi connectivity index (χ0n) is 19.5. The van der Waals surface area contributed by atoms with Crippen LogP contribution in [0.2, 0.25) is 0 Å². The molecule has 5 rings (SSSR count). The van der Waals surface area contributed by atoms with Gasteiger partial charge >= 0.3 is 0 Å². The summed E-state index contributed by atoms with van der Waals surface area (Å²) in [6.45, 7) is 3.75. The first-order chi connectivity index (χ1) is 16.9. The first kappa shape index (κ1) is 23.5. The molecular formula is C27H25N3O3S2. The Morgan fingerprint density at radius 3 is 2.60 bits per heavy atom. The van der Waals surface area contributed by atoms with Gasteiger partial charge in [0.25, 0.3) is 5.56 Å². The van der Waals surface area contributed by atoms with Crippen LogP contribution in [0.15, 0.2) is 64.5 Å². The third kappa shape index (κ3) is 4.81. The Hall–Kier alpha value is -3.23. The molecule has 0 aliphatic heterocycles. The number of amides is 1. The molecule has 2 heterocycles. The number of nitrogens with zero attached hydrogens (tertiary/aromatic N) is 2. The summed E-state index contributed by atoms with van der Waals surface area (Å²) in [5.41, 5.74) is 3.02. The van der Waals surface area contributed by atoms with Crippen molar-refractivity contribution in [2.24, 2.45) is 5.92 Å². The summed E-state index contributed by atoms with van der Waals surface area (Å²) in [6, 6.07) is 16.3. The number of anilines is 1. The van der Waals surface area contributed by atoms with Crippen molar-refractivity contribution in [2.75, 3.05) is 11.1 Å². The molecule has 1 aliphatic carbocycles. The molecule has 6 nitrogen and oxygen atoms in total. The van der Waals surface area contributed by atoms with E-state index < -0.39 is 0 Å². The number of benzene rings is 2. The Bertz CT molecular complexity index is 1470. The molecule has 2 aromatic carbocycles. The van der Waals surface area contributed by atoms with Gasteiger partial charge in [-0.3, -0.25) is 19.0 Å². The number of thiophene rings is 1. The van der Waals surface area contributed by atoms with Crippen LogP contribution in [-0.4, -0.2) is 27.0 Å². The Balaban J connectivity index is 1.46. The number of hydrogen-bond acceptors (Lipinski definition) is 6. The zero-order chi connectivity index (χ0) is 24.5. The zero-order valence-corrected chi connectivity index (χ0v) is 21.2. The molecule has 0 saturated carbocycles. The highest BCUT2D eigenvalue weighted by atomic mass is 32.2. The van der Waals surface area contributed by atoms with Crippen LogP contribution >= 0.6 is 23.1 Å². The number of carbonyl (C=O) groups is 2. The number of aryl methyl sites for hydroxylation is 1. The summed E-state index contributed by atoms with van der Waals surface area (Å²) in [7, 11) is 0. The second kappa shape index (κ2) is 9.79. The molecule has 8 heteroatoms. The van der Waals surface area contributed by atoms with Gasteiger partial charge in [0.1, 0.15) is 4.83 Å². The number of para-hydroxylation sites is 1. The number of hydrogen-bond donors (Lipinski definition) is 1. The van der Waals surface area contributed by atoms with Crippen molar-refractivity contribution in [1.82, 2.24) is 9.55 Å². The summed E-state index contributed by atoms with van der Waals surface area (Å²) in [4.78, 5) is 44.8. The average molecular weight is 504 g/mol. The van der Waals surface area contributed by atoms with E-state index in [-0.39, 0.29) is 23.0 Å². The molecule has 2 aromatic heterocycles. The fourth-order valence-corrected chi connectivity index (χ4v) is 6.62. The van der Waals surface area contributed by atoms with Crippen LogP contribution in [0, 0.1) is 5.92 Å². The van der Waals surface area contributed by atoms with E-state index in [1.165, 1.54) is 23.6 Å². The van der Waals surface area contributed by atoms with Crippen LogP contribution in [0.4, 0.5) is 5.69 Å². The van der Waals surface area contributed by atoms with Crippen molar-refractivity contribution in [3.63, 3.8) is 0 Å². The SMILES string of the molecule is CC(=O)c1ccc(NC(=O)CSc2nc3sc4c(c3c(=O)n2-c2ccccc2)CCC(C)C4)cc1. The molecule has 0 spiro atoms. The van der Waals surface area contributed by atoms with Gasteiger partial charge in [0, 0.05) is 16.1 Å². The van der Waals surface area contributed by atoms with Crippen molar-refractivity contribution in [3.8, 4) is 5.69 Å². The molecule has 0 saturated heterocycles. The summed E-state index contributed by atoms with van der Waals surface area (Å²) in [6.07, 6.45) is 2.96. The van der Waals surface area contributed by atoms with Gasteiger partial charge in [0.2, 0.25) is 5.91 Å². The Labute approximate surface area is 211 Å². The van der Waals surface area contributed by atoms with Gasteiger partial charge in [-0.2, -0.15) is 0 Å². The van der Waals surface area contributed by atoms with Crippen molar-refractivity contribution in [1.29, 1.82) is 0 Å². The molecule has 35 heavy (non-hydrogen) atoms. The van der Waals surface area contributed by atoms with E-state index in [1.807, 2.05) is 30.3 Å². The number of ketones is 1. The summed E-state index contributed by atoms with van der Waals surface area (Å²) in [5, 5.41) is 4.07. The number of carbonyl (C=O) groups excluding carboxylic acids is 2. The van der Waals surface area contributed by atoms with Crippen LogP contribution in [0.1, 0.15) is 41.1 Å². The molecule has 1 N–H and O–H groups in total. The Kier molecular flexibility index (Phi) is 6.58. The normalized spacial score (nSPS) is 15.1. The second-order valence-electron chi connectivity index (χ2n) is 8.87. The number of rotatable bonds is 6. The first-order valence-corrected chi connectivity index (χ1v) is 13.4. The highest BCUT2D eigenvalue weighted by Crippen LogP contribution is 2.37. The van der Waals surface area contributed by atoms with E-state index in [1.54, 1.807) is 40.2 Å². The quantitative estimate of drug-likeness (QED) is 0.213. The molecular weight excluding hydrogens is 478 g/mol. The standard InChI is InChI=1S/C27H25N3O3S2/c1-16-8-13-21-22(14-16)35-25-24(21)26(33)30(20-6-4-3-5-7-20)27(29-25)34-15-23(32)28-19-11-9-18(10-12-19)17(2)31/h3-7,9-12,16H,8,13-15H2,1-2H3,(H,28,32). The van der Waals surface area contributed by atoms with Gasteiger partial charge in [-0.25, -0.2) is 4.98 Å². The minimum Gasteiger partial charge on any atom is -0.325 e. The predicted octanol–water partition coefficient (Wildman–Crippen LogP) is 5.51. The minimum absolute atomic E-state index is 0.0245. The van der Waals surface area contributed by atoms with Gasteiger partial charge in [-0.15, -0.1) is 11.3 Å². The van der Waals surface area contributed by atoms with Gasteiger partial charge in [-0.05, 0) is 74.1 Å². The predicted molar refractivity (Wildman–Crippen MR) is 142 cm³/mol. The lowest BCUT2D eigenvalue weighted by Crippen LogP contribution is -2.23. The van der Waals surface area contributed by atoms with Crippen LogP contribution in [0.25, 0.3) is 15.9 Å². The minimum atomic E-state index is -0.209. The van der Waals surface area contributed by atoms with E-state index >= 15 is 0 Å². The fourth-order valence-electron chi connectivity index (χ4n) is 4.39. The van der Waals surface area contributed by atoms with Gasteiger partial charge in [0.05, 0.1) is 16.8 Å². The van der Waals surface area contributed by atoms with E-state index in [4.69, 9.17) is 4.98 Å². The third-order valence-corrected chi connectivity index (χ3v) is 8.31. The number of nitrogens with one attached hydrogen (secondary N) is 1. The lowest BCUT2D eigenvalue weighted by Gasteiger charge is -2.17. The first-order valence-electron chi connectivity index (χ1n) is 11.6. The third-order valence-electron chi connectivity index (χ3n) is 6.22. The van der Waals surface area contributed by atoms with Crippen molar-refractivity contribution >= 4 is 50.7 Å². The number of fused-ring (bicyclic) bond motifs is 3. The lowest BCUT2D eigenvalue weighted by molar-refractivity contribution is -0.113. The summed E-state index contributed by atoms with van der Waals surface area (Å²) >= 11 is 2.86. The molecule has 1 unspecified atom stereocenters. The average Bonchev–Trinajstić information content (AvgIpc) is 3.21. The van der Waals surface area contributed by atoms with E-state index in [0.29, 0.717) is 22.3 Å². The van der Waals surface area contributed by atoms with Crippen LogP contribution in [-0.2, 0) is 17.6 Å². The second-order valence-corrected chi connectivity index (χ2v) is 10.9. The van der Waals surface area contributed by atoms with E-state index in [0.717, 1.165) is 40.7 Å². The monoisotopic (exact) mass is 503 g/mol. The summed E-state index contributed by atoms with van der Waals surface area (Å²) < 4.78 is 1.63. The van der Waals surface area contributed by atoms with Crippen LogP contribution < -0.4 is 10.9 Å². The Morgan fingerprint density at radius 2 is 1.89 bits per heavy atom. The lowest BCUT2D eigenvalue weighted by atomic mass is 9.89. The van der Waals surface area contributed by atoms with Crippen LogP contribution in [0.5, 0.6) is 0 Å². The van der Waals surface area contributed by atoms with E-state index in [9.17, 15) is 14.4 Å². The van der Waals surface area contributed by atoms with Gasteiger partial charge in [-0.1, -0.05) is 36.9 Å². The number of aromatic nitrogens is 2. The molecule has 1 atom stereocenters. The van der Waals surface area contributed by atoms with Crippen LogP contribution in [0.3, 0.4) is 0 Å². The molecule has 178 valence electrons. The fraction of sp³-hybridized carbons (Fsp3) is 0.259. The molecule has 0 bridgehead atoms. The van der Waals surface area contributed by atoms with Crippen molar-refractivity contribution in [3.05, 3.63) is 81.0 Å². The van der Waals surface area contributed by atoms with Gasteiger partial charge < -0.3 is 5.32 Å². The highest BCUT2D eigenvalue weighted by Gasteiger charge is 2.25. The Morgan fingerprint density at radius 1 is 1.14 bits per heavy atom. The largest absolute Gasteiger partial charge is 0.325 e. The summed E-state index contributed by atoms with van der Waals surface area (Å²) in [5.74, 6) is 0.470. The molecule has 1 aliphatic rings. The van der Waals surface area contributed by atoms with Crippen molar-refractivity contribution in [2.45, 2.75) is 38.3 Å². The number of Topliss-reactive ketones (excluding diaryl/α,β-unsaturated/α-hetero) is 1. The highest BCUT2D eigenvalue weighted by molar-refractivity contribution is 7.99. The molecule has 4 aromatic rings. The van der Waals surface area contributed by atoms with E-state index in [2.05, 4.69) is 12.2 Å². The maximum atomic E-state index is 13.8. The maximum absolute atomic E-state index is 13.8.